The summed E-state index contributed by atoms with van der Waals surface area (Å²) in [4.78, 5) is 12.7. The second-order valence-electron chi connectivity index (χ2n) is 6.62. The number of aryl methyl sites for hydroxylation is 1. The molecule has 0 saturated heterocycles. The van der Waals surface area contributed by atoms with E-state index in [2.05, 4.69) is 37.2 Å². The average Bonchev–Trinajstić information content (AvgIpc) is 2.74. The number of para-hydroxylation sites is 1. The minimum absolute atomic E-state index is 0.0455. The Morgan fingerprint density at radius 1 is 1.16 bits per heavy atom. The molecule has 156 valence electrons. The third-order valence-corrected chi connectivity index (χ3v) is 5.84. The maximum Gasteiger partial charge on any atom is 0.266 e. The van der Waals surface area contributed by atoms with Crippen molar-refractivity contribution in [3.05, 3.63) is 96.9 Å². The van der Waals surface area contributed by atoms with Crippen molar-refractivity contribution in [3.63, 3.8) is 0 Å². The Morgan fingerprint density at radius 2 is 1.87 bits per heavy atom. The van der Waals surface area contributed by atoms with Crippen molar-refractivity contribution in [2.45, 2.75) is 13.5 Å². The Labute approximate surface area is 202 Å². The second-order valence-corrected chi connectivity index (χ2v) is 8.80. The van der Waals surface area contributed by atoms with E-state index in [1.54, 1.807) is 18.2 Å². The lowest BCUT2D eigenvalue weighted by Crippen LogP contribution is -2.14. The Balaban J connectivity index is 1.92. The highest BCUT2D eigenvalue weighted by Gasteiger charge is 2.15. The van der Waals surface area contributed by atoms with E-state index in [1.165, 1.54) is 6.08 Å². The first-order valence-corrected chi connectivity index (χ1v) is 11.2. The zero-order chi connectivity index (χ0) is 22.4. The fourth-order valence-electron chi connectivity index (χ4n) is 2.81. The molecule has 3 aromatic carbocycles. The maximum atomic E-state index is 12.7. The zero-order valence-corrected chi connectivity index (χ0v) is 20.4. The third-order valence-electron chi connectivity index (χ3n) is 4.43. The molecule has 0 aliphatic heterocycles. The lowest BCUT2D eigenvalue weighted by atomic mass is 10.1. The SMILES string of the molecule is Cc1ccccc1NC(=O)/C(C#N)=C/c1cc(Br)cc(Br)c1OCc1ccccc1Cl. The van der Waals surface area contributed by atoms with Crippen LogP contribution >= 0.6 is 43.5 Å². The first-order valence-electron chi connectivity index (χ1n) is 9.23. The number of hydrogen-bond donors (Lipinski definition) is 1. The van der Waals surface area contributed by atoms with Gasteiger partial charge in [0.25, 0.3) is 5.91 Å². The summed E-state index contributed by atoms with van der Waals surface area (Å²) in [6.07, 6.45) is 1.51. The molecule has 0 atom stereocenters. The normalized spacial score (nSPS) is 11.0. The monoisotopic (exact) mass is 558 g/mol. The molecule has 0 spiro atoms. The minimum atomic E-state index is -0.495. The van der Waals surface area contributed by atoms with Gasteiger partial charge in [-0.1, -0.05) is 63.9 Å². The number of nitriles is 1. The summed E-state index contributed by atoms with van der Waals surface area (Å²) in [7, 11) is 0. The number of rotatable bonds is 6. The highest BCUT2D eigenvalue weighted by atomic mass is 79.9. The molecule has 0 heterocycles. The van der Waals surface area contributed by atoms with Gasteiger partial charge in [0.15, 0.2) is 0 Å². The molecule has 0 unspecified atom stereocenters. The number of hydrogen-bond acceptors (Lipinski definition) is 3. The average molecular weight is 561 g/mol. The van der Waals surface area contributed by atoms with Crippen LogP contribution in [0.25, 0.3) is 6.08 Å². The summed E-state index contributed by atoms with van der Waals surface area (Å²) in [5, 5.41) is 13.0. The van der Waals surface area contributed by atoms with E-state index in [0.717, 1.165) is 15.6 Å². The van der Waals surface area contributed by atoms with Gasteiger partial charge < -0.3 is 10.1 Å². The van der Waals surface area contributed by atoms with Crippen molar-refractivity contribution in [2.75, 3.05) is 5.32 Å². The van der Waals surface area contributed by atoms with Crippen LogP contribution in [0.15, 0.2) is 75.2 Å². The van der Waals surface area contributed by atoms with Gasteiger partial charge in [0, 0.05) is 26.3 Å². The number of halogens is 3. The van der Waals surface area contributed by atoms with Gasteiger partial charge in [0.1, 0.15) is 24.0 Å². The van der Waals surface area contributed by atoms with E-state index in [-0.39, 0.29) is 12.2 Å². The van der Waals surface area contributed by atoms with E-state index >= 15 is 0 Å². The Kier molecular flexibility index (Phi) is 7.91. The smallest absolute Gasteiger partial charge is 0.266 e. The van der Waals surface area contributed by atoms with Crippen LogP contribution in [-0.4, -0.2) is 5.91 Å². The number of carbonyl (C=O) groups excluding carboxylic acids is 1. The van der Waals surface area contributed by atoms with E-state index in [9.17, 15) is 10.1 Å². The van der Waals surface area contributed by atoms with Crippen LogP contribution < -0.4 is 10.1 Å². The van der Waals surface area contributed by atoms with Gasteiger partial charge in [0.05, 0.1) is 4.47 Å². The molecule has 0 bridgehead atoms. The van der Waals surface area contributed by atoms with Gasteiger partial charge in [-0.3, -0.25) is 4.79 Å². The summed E-state index contributed by atoms with van der Waals surface area (Å²) in [5.41, 5.74) is 2.91. The number of nitrogens with zero attached hydrogens (tertiary/aromatic N) is 1. The molecule has 0 saturated carbocycles. The quantitative estimate of drug-likeness (QED) is 0.254. The number of carbonyl (C=O) groups is 1. The number of anilines is 1. The fraction of sp³-hybridized carbons (Fsp3) is 0.0833. The van der Waals surface area contributed by atoms with Gasteiger partial charge in [-0.05, 0) is 58.8 Å². The maximum absolute atomic E-state index is 12.7. The predicted octanol–water partition coefficient (Wildman–Crippen LogP) is 7.30. The third kappa shape index (κ3) is 5.98. The van der Waals surface area contributed by atoms with Crippen LogP contribution in [-0.2, 0) is 11.4 Å². The van der Waals surface area contributed by atoms with Gasteiger partial charge in [-0.25, -0.2) is 0 Å². The topological polar surface area (TPSA) is 62.1 Å². The van der Waals surface area contributed by atoms with Crippen molar-refractivity contribution in [3.8, 4) is 11.8 Å². The van der Waals surface area contributed by atoms with Gasteiger partial charge in [-0.2, -0.15) is 5.26 Å². The van der Waals surface area contributed by atoms with Crippen molar-refractivity contribution >= 4 is 61.1 Å². The van der Waals surface area contributed by atoms with Crippen LogP contribution in [0.3, 0.4) is 0 Å². The molecule has 31 heavy (non-hydrogen) atoms. The van der Waals surface area contributed by atoms with Gasteiger partial charge >= 0.3 is 0 Å². The van der Waals surface area contributed by atoms with Gasteiger partial charge in [-0.15, -0.1) is 0 Å². The molecular weight excluding hydrogens is 544 g/mol. The summed E-state index contributed by atoms with van der Waals surface area (Å²) in [5.74, 6) is 0.00418. The van der Waals surface area contributed by atoms with Crippen LogP contribution in [0.5, 0.6) is 5.75 Å². The van der Waals surface area contributed by atoms with Crippen LogP contribution in [0.1, 0.15) is 16.7 Å². The molecule has 0 radical (unpaired) electrons. The van der Waals surface area contributed by atoms with Crippen molar-refractivity contribution in [2.24, 2.45) is 0 Å². The zero-order valence-electron chi connectivity index (χ0n) is 16.5. The Bertz CT molecular complexity index is 1200. The van der Waals surface area contributed by atoms with Crippen LogP contribution in [0.4, 0.5) is 5.69 Å². The number of nitrogens with one attached hydrogen (secondary N) is 1. The lowest BCUT2D eigenvalue weighted by Gasteiger charge is -2.14. The van der Waals surface area contributed by atoms with E-state index in [0.29, 0.717) is 26.5 Å². The highest BCUT2D eigenvalue weighted by molar-refractivity contribution is 9.11. The van der Waals surface area contributed by atoms with Crippen LogP contribution in [0, 0.1) is 18.3 Å². The van der Waals surface area contributed by atoms with Crippen molar-refractivity contribution in [1.29, 1.82) is 5.26 Å². The second kappa shape index (κ2) is 10.6. The number of benzene rings is 3. The van der Waals surface area contributed by atoms with E-state index in [1.807, 2.05) is 55.5 Å². The standard InChI is InChI=1S/C24H17Br2ClN2O2/c1-15-6-2-5-9-22(15)29-24(30)18(13-28)10-17-11-19(25)12-20(26)23(17)31-14-16-7-3-4-8-21(16)27/h2-12H,14H2,1H3,(H,29,30)/b18-10+. The molecule has 0 fully saturated rings. The predicted molar refractivity (Wildman–Crippen MR) is 131 cm³/mol. The fourth-order valence-corrected chi connectivity index (χ4v) is 4.38. The molecule has 1 amide bonds. The molecule has 3 rings (SSSR count). The molecule has 1 N–H and O–H groups in total. The summed E-state index contributed by atoms with van der Waals surface area (Å²) < 4.78 is 7.46. The molecule has 0 aromatic heterocycles. The largest absolute Gasteiger partial charge is 0.487 e. The first-order chi connectivity index (χ1) is 14.9. The molecule has 7 heteroatoms. The summed E-state index contributed by atoms with van der Waals surface area (Å²) in [6.45, 7) is 2.12. The Morgan fingerprint density at radius 3 is 2.58 bits per heavy atom. The molecule has 0 aliphatic carbocycles. The van der Waals surface area contributed by atoms with Gasteiger partial charge in [0.2, 0.25) is 0 Å². The van der Waals surface area contributed by atoms with E-state index < -0.39 is 5.91 Å². The Hall–Kier alpha value is -2.59. The van der Waals surface area contributed by atoms with E-state index in [4.69, 9.17) is 16.3 Å². The molecule has 4 nitrogen and oxygen atoms in total. The molecule has 0 aliphatic rings. The van der Waals surface area contributed by atoms with Crippen molar-refractivity contribution < 1.29 is 9.53 Å². The summed E-state index contributed by atoms with van der Waals surface area (Å²) in [6, 6.07) is 20.4. The lowest BCUT2D eigenvalue weighted by molar-refractivity contribution is -0.112. The number of ether oxygens (including phenoxy) is 1. The number of amides is 1. The minimum Gasteiger partial charge on any atom is -0.487 e. The van der Waals surface area contributed by atoms with Crippen LogP contribution in [0.2, 0.25) is 5.02 Å². The summed E-state index contributed by atoms with van der Waals surface area (Å²) >= 11 is 13.2. The van der Waals surface area contributed by atoms with Crippen molar-refractivity contribution in [1.82, 2.24) is 0 Å². The highest BCUT2D eigenvalue weighted by Crippen LogP contribution is 2.35. The molecular formula is C24H17Br2ClN2O2. The molecule has 3 aromatic rings. The first kappa shape index (κ1) is 23.1.